The van der Waals surface area contributed by atoms with Crippen molar-refractivity contribution < 1.29 is 4.74 Å². The van der Waals surface area contributed by atoms with Crippen LogP contribution in [-0.4, -0.2) is 24.7 Å². The topological polar surface area (TPSA) is 59.6 Å². The molecule has 0 unspecified atom stereocenters. The Labute approximate surface area is 140 Å². The van der Waals surface area contributed by atoms with Gasteiger partial charge in [0.05, 0.1) is 6.54 Å². The Morgan fingerprint density at radius 3 is 2.42 bits per heavy atom. The van der Waals surface area contributed by atoms with E-state index in [0.717, 1.165) is 10.2 Å². The molecule has 0 amide bonds. The summed E-state index contributed by atoms with van der Waals surface area (Å²) in [5.41, 5.74) is 5.67. The van der Waals surface area contributed by atoms with Crippen LogP contribution in [-0.2, 0) is 0 Å². The SMILES string of the molecule is CC(C)(C)NC(N)=NCCOc1ccc(Br)cc1.I. The fraction of sp³-hybridized carbons (Fsp3) is 0.462. The Kier molecular flexibility index (Phi) is 8.40. The zero-order chi connectivity index (χ0) is 13.6. The smallest absolute Gasteiger partial charge is 0.189 e. The Balaban J connectivity index is 0.00000324. The Morgan fingerprint density at radius 2 is 1.89 bits per heavy atom. The zero-order valence-electron chi connectivity index (χ0n) is 11.4. The van der Waals surface area contributed by atoms with Crippen LogP contribution in [0.5, 0.6) is 5.75 Å². The summed E-state index contributed by atoms with van der Waals surface area (Å²) >= 11 is 3.37. The third kappa shape index (κ3) is 9.10. The Bertz CT molecular complexity index is 401. The van der Waals surface area contributed by atoms with E-state index in [2.05, 4.69) is 26.2 Å². The second kappa shape index (κ2) is 8.63. The highest BCUT2D eigenvalue weighted by Crippen LogP contribution is 2.15. The van der Waals surface area contributed by atoms with E-state index < -0.39 is 0 Å². The Morgan fingerprint density at radius 1 is 1.32 bits per heavy atom. The van der Waals surface area contributed by atoms with Gasteiger partial charge in [-0.3, -0.25) is 0 Å². The van der Waals surface area contributed by atoms with Crippen molar-refractivity contribution in [1.82, 2.24) is 5.32 Å². The van der Waals surface area contributed by atoms with E-state index in [1.54, 1.807) is 0 Å². The van der Waals surface area contributed by atoms with Crippen LogP contribution in [0.1, 0.15) is 20.8 Å². The van der Waals surface area contributed by atoms with E-state index in [4.69, 9.17) is 10.5 Å². The molecular weight excluding hydrogens is 421 g/mol. The van der Waals surface area contributed by atoms with Crippen LogP contribution in [0.3, 0.4) is 0 Å². The molecule has 0 spiro atoms. The van der Waals surface area contributed by atoms with E-state index in [9.17, 15) is 0 Å². The predicted molar refractivity (Wildman–Crippen MR) is 94.4 cm³/mol. The van der Waals surface area contributed by atoms with Crippen LogP contribution in [0.4, 0.5) is 0 Å². The molecule has 1 aromatic rings. The second-order valence-electron chi connectivity index (χ2n) is 4.94. The van der Waals surface area contributed by atoms with Gasteiger partial charge in [0, 0.05) is 10.0 Å². The lowest BCUT2D eigenvalue weighted by molar-refractivity contribution is 0.328. The molecule has 108 valence electrons. The average Bonchev–Trinajstić information content (AvgIpc) is 2.24. The highest BCUT2D eigenvalue weighted by Gasteiger charge is 2.09. The monoisotopic (exact) mass is 441 g/mol. The van der Waals surface area contributed by atoms with Crippen molar-refractivity contribution in [3.63, 3.8) is 0 Å². The molecule has 1 aromatic carbocycles. The van der Waals surface area contributed by atoms with Crippen molar-refractivity contribution in [2.45, 2.75) is 26.3 Å². The normalized spacial score (nSPS) is 11.7. The van der Waals surface area contributed by atoms with Crippen molar-refractivity contribution in [2.24, 2.45) is 10.7 Å². The number of halogens is 2. The van der Waals surface area contributed by atoms with Crippen molar-refractivity contribution in [2.75, 3.05) is 13.2 Å². The van der Waals surface area contributed by atoms with Crippen LogP contribution >= 0.6 is 39.9 Å². The van der Waals surface area contributed by atoms with Gasteiger partial charge in [-0.1, -0.05) is 15.9 Å². The van der Waals surface area contributed by atoms with Crippen LogP contribution in [0.2, 0.25) is 0 Å². The summed E-state index contributed by atoms with van der Waals surface area (Å²) < 4.78 is 6.56. The first kappa shape index (κ1) is 18.5. The second-order valence-corrected chi connectivity index (χ2v) is 5.86. The van der Waals surface area contributed by atoms with E-state index in [1.165, 1.54) is 0 Å². The molecule has 0 aliphatic rings. The number of aliphatic imine (C=N–C) groups is 1. The third-order valence-corrected chi connectivity index (χ3v) is 2.49. The summed E-state index contributed by atoms with van der Waals surface area (Å²) in [5.74, 6) is 1.28. The third-order valence-electron chi connectivity index (χ3n) is 1.96. The first-order valence-electron chi connectivity index (χ1n) is 5.83. The molecule has 0 atom stereocenters. The maximum Gasteiger partial charge on any atom is 0.189 e. The minimum atomic E-state index is -0.0693. The fourth-order valence-electron chi connectivity index (χ4n) is 1.28. The van der Waals surface area contributed by atoms with Crippen molar-refractivity contribution in [3.8, 4) is 5.75 Å². The Hall–Kier alpha value is -0.500. The predicted octanol–water partition coefficient (Wildman–Crippen LogP) is 3.15. The molecule has 0 aliphatic heterocycles. The van der Waals surface area contributed by atoms with Crippen LogP contribution in [0.15, 0.2) is 33.7 Å². The van der Waals surface area contributed by atoms with Gasteiger partial charge in [0.1, 0.15) is 12.4 Å². The van der Waals surface area contributed by atoms with Crippen LogP contribution in [0, 0.1) is 0 Å². The van der Waals surface area contributed by atoms with Gasteiger partial charge >= 0.3 is 0 Å². The van der Waals surface area contributed by atoms with Gasteiger partial charge in [0.2, 0.25) is 0 Å². The standard InChI is InChI=1S/C13H20BrN3O.HI/c1-13(2,3)17-12(15)16-8-9-18-11-6-4-10(14)5-7-11;/h4-7H,8-9H2,1-3H3,(H3,15,16,17);1H. The van der Waals surface area contributed by atoms with E-state index in [1.807, 2.05) is 45.0 Å². The summed E-state index contributed by atoms with van der Waals surface area (Å²) in [6.07, 6.45) is 0. The number of nitrogens with one attached hydrogen (secondary N) is 1. The molecule has 4 nitrogen and oxygen atoms in total. The number of nitrogens with two attached hydrogens (primary N) is 1. The quantitative estimate of drug-likeness (QED) is 0.326. The molecule has 3 N–H and O–H groups in total. The molecule has 0 saturated carbocycles. The average molecular weight is 442 g/mol. The van der Waals surface area contributed by atoms with Gasteiger partial charge in [-0.2, -0.15) is 0 Å². The molecule has 0 fully saturated rings. The molecule has 0 aromatic heterocycles. The molecule has 0 radical (unpaired) electrons. The number of hydrogen-bond acceptors (Lipinski definition) is 2. The molecule has 19 heavy (non-hydrogen) atoms. The minimum Gasteiger partial charge on any atom is -0.492 e. The largest absolute Gasteiger partial charge is 0.492 e. The molecule has 1 rings (SSSR count). The minimum absolute atomic E-state index is 0. The summed E-state index contributed by atoms with van der Waals surface area (Å²) in [5, 5.41) is 3.09. The van der Waals surface area contributed by atoms with E-state index >= 15 is 0 Å². The first-order valence-corrected chi connectivity index (χ1v) is 6.62. The number of rotatable bonds is 4. The van der Waals surface area contributed by atoms with Gasteiger partial charge in [-0.25, -0.2) is 4.99 Å². The van der Waals surface area contributed by atoms with Crippen molar-refractivity contribution in [1.29, 1.82) is 0 Å². The number of nitrogens with zero attached hydrogens (tertiary/aromatic N) is 1. The highest BCUT2D eigenvalue weighted by atomic mass is 127. The summed E-state index contributed by atoms with van der Waals surface area (Å²) in [6, 6.07) is 7.69. The lowest BCUT2D eigenvalue weighted by Crippen LogP contribution is -2.45. The lowest BCUT2D eigenvalue weighted by atomic mass is 10.1. The van der Waals surface area contributed by atoms with Crippen molar-refractivity contribution in [3.05, 3.63) is 28.7 Å². The summed E-state index contributed by atoms with van der Waals surface area (Å²) in [6.45, 7) is 7.15. The summed E-state index contributed by atoms with van der Waals surface area (Å²) in [7, 11) is 0. The van der Waals surface area contributed by atoms with Gasteiger partial charge in [-0.15, -0.1) is 24.0 Å². The number of guanidine groups is 1. The van der Waals surface area contributed by atoms with Gasteiger partial charge < -0.3 is 15.8 Å². The zero-order valence-corrected chi connectivity index (χ0v) is 15.4. The van der Waals surface area contributed by atoms with Crippen LogP contribution < -0.4 is 15.8 Å². The van der Waals surface area contributed by atoms with Gasteiger partial charge in [-0.05, 0) is 45.0 Å². The lowest BCUT2D eigenvalue weighted by Gasteiger charge is -2.20. The number of ether oxygens (including phenoxy) is 1. The van der Waals surface area contributed by atoms with Crippen molar-refractivity contribution >= 4 is 45.9 Å². The maximum absolute atomic E-state index is 5.74. The first-order chi connectivity index (χ1) is 8.37. The maximum atomic E-state index is 5.74. The van der Waals surface area contributed by atoms with Crippen LogP contribution in [0.25, 0.3) is 0 Å². The molecule has 6 heteroatoms. The molecule has 0 saturated heterocycles. The molecule has 0 bridgehead atoms. The van der Waals surface area contributed by atoms with Gasteiger partial charge in [0.25, 0.3) is 0 Å². The van der Waals surface area contributed by atoms with E-state index in [-0.39, 0.29) is 29.5 Å². The number of benzene rings is 1. The van der Waals surface area contributed by atoms with E-state index in [0.29, 0.717) is 19.1 Å². The molecule has 0 aliphatic carbocycles. The van der Waals surface area contributed by atoms with Gasteiger partial charge in [0.15, 0.2) is 5.96 Å². The molecular formula is C13H21BrIN3O. The molecule has 0 heterocycles. The fourth-order valence-corrected chi connectivity index (χ4v) is 1.55. The summed E-state index contributed by atoms with van der Waals surface area (Å²) in [4.78, 5) is 4.19. The highest BCUT2D eigenvalue weighted by molar-refractivity contribution is 14.0. The number of hydrogen-bond donors (Lipinski definition) is 2.